The van der Waals surface area contributed by atoms with E-state index in [1.54, 1.807) is 11.0 Å². The Bertz CT molecular complexity index is 1040. The summed E-state index contributed by atoms with van der Waals surface area (Å²) in [7, 11) is 3.75. The van der Waals surface area contributed by atoms with E-state index in [4.69, 9.17) is 0 Å². The lowest BCUT2D eigenvalue weighted by Gasteiger charge is -2.16. The molecule has 29 heavy (non-hydrogen) atoms. The molecule has 3 aromatic rings. The van der Waals surface area contributed by atoms with Crippen LogP contribution in [0.4, 0.5) is 21.8 Å². The highest BCUT2D eigenvalue weighted by atomic mass is 19.1. The van der Waals surface area contributed by atoms with E-state index in [0.717, 1.165) is 17.5 Å². The minimum absolute atomic E-state index is 0.328. The van der Waals surface area contributed by atoms with Gasteiger partial charge in [0.2, 0.25) is 11.9 Å². The Morgan fingerprint density at radius 2 is 2.14 bits per heavy atom. The minimum atomic E-state index is -0.826. The third kappa shape index (κ3) is 4.50. The van der Waals surface area contributed by atoms with Crippen LogP contribution < -0.4 is 16.0 Å². The Kier molecular flexibility index (Phi) is 5.76. The molecule has 3 N–H and O–H groups in total. The summed E-state index contributed by atoms with van der Waals surface area (Å²) in [5.41, 5.74) is 7.66. The maximum atomic E-state index is 13.6. The van der Waals surface area contributed by atoms with Gasteiger partial charge in [-0.05, 0) is 19.4 Å². The molecule has 1 amide bonds. The third-order valence-corrected chi connectivity index (χ3v) is 4.43. The number of aromatic nitrogens is 6. The Labute approximate surface area is 167 Å². The van der Waals surface area contributed by atoms with Gasteiger partial charge in [0, 0.05) is 26.8 Å². The second kappa shape index (κ2) is 8.25. The molecule has 11 heteroatoms. The number of anilines is 3. The van der Waals surface area contributed by atoms with Crippen LogP contribution in [-0.4, -0.2) is 54.5 Å². The molecule has 1 atom stereocenters. The van der Waals surface area contributed by atoms with Crippen LogP contribution in [0.15, 0.2) is 25.2 Å². The largest absolute Gasteiger partial charge is 0.366 e. The highest BCUT2D eigenvalue weighted by Crippen LogP contribution is 2.28. The maximum Gasteiger partial charge on any atom is 0.240 e. The average molecular weight is 401 g/mol. The van der Waals surface area contributed by atoms with Crippen molar-refractivity contribution >= 4 is 34.5 Å². The molecule has 154 valence electrons. The van der Waals surface area contributed by atoms with Gasteiger partial charge < -0.3 is 20.5 Å². The quantitative estimate of drug-likeness (QED) is 0.633. The van der Waals surface area contributed by atoms with Gasteiger partial charge in [0.05, 0.1) is 24.3 Å². The number of halogens is 1. The van der Waals surface area contributed by atoms with E-state index in [-0.39, 0.29) is 0 Å². The number of rotatable bonds is 4. The van der Waals surface area contributed by atoms with Crippen LogP contribution in [0, 0.1) is 6.92 Å². The average Bonchev–Trinajstić information content (AvgIpc) is 3.35. The van der Waals surface area contributed by atoms with Crippen LogP contribution in [-0.2, 0) is 18.9 Å². The Morgan fingerprint density at radius 1 is 1.41 bits per heavy atom. The number of nitrogens with one attached hydrogen (secondary N) is 1. The molecular weight excluding hydrogens is 377 g/mol. The van der Waals surface area contributed by atoms with Crippen LogP contribution in [0.25, 0.3) is 11.2 Å². The molecule has 4 rings (SSSR count). The van der Waals surface area contributed by atoms with Crippen molar-refractivity contribution in [2.75, 3.05) is 23.3 Å². The van der Waals surface area contributed by atoms with Crippen molar-refractivity contribution < 1.29 is 9.18 Å². The fourth-order valence-electron chi connectivity index (χ4n) is 2.97. The molecule has 0 aromatic carbocycles. The number of carbonyl (C=O) groups excluding carboxylic acids is 1. The first-order valence-electron chi connectivity index (χ1n) is 9.05. The smallest absolute Gasteiger partial charge is 0.240 e. The first kappa shape index (κ1) is 20.2. The highest BCUT2D eigenvalue weighted by Gasteiger charge is 2.25. The van der Waals surface area contributed by atoms with Gasteiger partial charge in [-0.3, -0.25) is 9.48 Å². The Morgan fingerprint density at radius 3 is 2.69 bits per heavy atom. The lowest BCUT2D eigenvalue weighted by molar-refractivity contribution is -0.113. The number of nitrogens with two attached hydrogens (primary N) is 1. The minimum Gasteiger partial charge on any atom is -0.366 e. The van der Waals surface area contributed by atoms with Crippen molar-refractivity contribution in [3.05, 3.63) is 30.9 Å². The molecule has 10 nitrogen and oxygen atoms in total. The second-order valence-electron chi connectivity index (χ2n) is 6.77. The highest BCUT2D eigenvalue weighted by molar-refractivity contribution is 5.87. The number of nitrogens with zero attached hydrogens (tertiary/aromatic N) is 7. The Balaban J connectivity index is 0.000000431. The number of imidazole rings is 1. The normalized spacial score (nSPS) is 15.9. The standard InChI is InChI=1S/C15H19FN8.C3H5NO/c1-9-11(7-23(3)21-9)18-13-12-14(22(2)8-17-12)20-15(19-13)24-5-4-10(16)6-24;1-2-3(4)5/h7-8,10H,4-6H2,1-3H3,(H,18,19,20);2H,1H2,(H2,4,5). The van der Waals surface area contributed by atoms with E-state index >= 15 is 0 Å². The molecule has 1 unspecified atom stereocenters. The lowest BCUT2D eigenvalue weighted by Crippen LogP contribution is -2.23. The molecule has 0 bridgehead atoms. The summed E-state index contributed by atoms with van der Waals surface area (Å²) < 4.78 is 17.1. The molecule has 1 fully saturated rings. The van der Waals surface area contributed by atoms with Crippen LogP contribution in [0.3, 0.4) is 0 Å². The van der Waals surface area contributed by atoms with Crippen molar-refractivity contribution in [2.45, 2.75) is 19.5 Å². The summed E-state index contributed by atoms with van der Waals surface area (Å²) in [4.78, 5) is 24.9. The number of amides is 1. The van der Waals surface area contributed by atoms with Crippen molar-refractivity contribution in [2.24, 2.45) is 19.8 Å². The van der Waals surface area contributed by atoms with E-state index in [1.807, 2.05) is 36.7 Å². The summed E-state index contributed by atoms with van der Waals surface area (Å²) in [6, 6.07) is 0. The summed E-state index contributed by atoms with van der Waals surface area (Å²) >= 11 is 0. The number of alkyl halides is 1. The number of carbonyl (C=O) groups is 1. The predicted molar refractivity (Wildman–Crippen MR) is 109 cm³/mol. The van der Waals surface area contributed by atoms with Crippen LogP contribution in [0.5, 0.6) is 0 Å². The van der Waals surface area contributed by atoms with Gasteiger partial charge in [0.15, 0.2) is 17.0 Å². The molecule has 0 radical (unpaired) electrons. The van der Waals surface area contributed by atoms with Crippen molar-refractivity contribution in [1.29, 1.82) is 0 Å². The van der Waals surface area contributed by atoms with Crippen molar-refractivity contribution in [3.63, 3.8) is 0 Å². The molecule has 3 aromatic heterocycles. The number of aryl methyl sites for hydroxylation is 3. The monoisotopic (exact) mass is 401 g/mol. The number of primary amides is 1. The molecule has 0 saturated carbocycles. The van der Waals surface area contributed by atoms with Crippen molar-refractivity contribution in [3.8, 4) is 0 Å². The topological polar surface area (TPSA) is 120 Å². The van der Waals surface area contributed by atoms with Crippen molar-refractivity contribution in [1.82, 2.24) is 29.3 Å². The summed E-state index contributed by atoms with van der Waals surface area (Å²) in [5.74, 6) is 0.648. The lowest BCUT2D eigenvalue weighted by atomic mass is 10.3. The first-order chi connectivity index (χ1) is 13.8. The predicted octanol–water partition coefficient (Wildman–Crippen LogP) is 1.35. The van der Waals surface area contributed by atoms with Crippen LogP contribution >= 0.6 is 0 Å². The first-order valence-corrected chi connectivity index (χ1v) is 9.05. The molecule has 1 saturated heterocycles. The zero-order valence-corrected chi connectivity index (χ0v) is 16.6. The third-order valence-electron chi connectivity index (χ3n) is 4.43. The van der Waals surface area contributed by atoms with Crippen LogP contribution in [0.2, 0.25) is 0 Å². The number of hydrogen-bond donors (Lipinski definition) is 2. The van der Waals surface area contributed by atoms with Gasteiger partial charge in [0.25, 0.3) is 0 Å². The SMILES string of the molecule is C=CC(N)=O.Cc1nn(C)cc1Nc1nc(N2CCC(F)C2)nc2c1ncn2C. The van der Waals surface area contributed by atoms with Gasteiger partial charge >= 0.3 is 0 Å². The summed E-state index contributed by atoms with van der Waals surface area (Å²) in [6.45, 7) is 5.96. The fraction of sp³-hybridized carbons (Fsp3) is 0.389. The summed E-state index contributed by atoms with van der Waals surface area (Å²) in [6.07, 6.45) is 4.33. The fourth-order valence-corrected chi connectivity index (χ4v) is 2.97. The molecule has 0 aliphatic carbocycles. The van der Waals surface area contributed by atoms with Gasteiger partial charge in [-0.2, -0.15) is 15.1 Å². The van der Waals surface area contributed by atoms with E-state index in [2.05, 4.69) is 37.7 Å². The van der Waals surface area contributed by atoms with Gasteiger partial charge in [0.1, 0.15) is 6.17 Å². The van der Waals surface area contributed by atoms with E-state index in [0.29, 0.717) is 42.4 Å². The Hall–Kier alpha value is -3.50. The number of fused-ring (bicyclic) bond motifs is 1. The zero-order valence-electron chi connectivity index (χ0n) is 16.6. The molecule has 1 aliphatic heterocycles. The van der Waals surface area contributed by atoms with Gasteiger partial charge in [-0.15, -0.1) is 0 Å². The molecule has 4 heterocycles. The maximum absolute atomic E-state index is 13.6. The second-order valence-corrected chi connectivity index (χ2v) is 6.77. The van der Waals surface area contributed by atoms with E-state index < -0.39 is 12.1 Å². The van der Waals surface area contributed by atoms with Gasteiger partial charge in [-0.25, -0.2) is 9.37 Å². The zero-order chi connectivity index (χ0) is 21.1. The molecular formula is C18H24FN9O. The van der Waals surface area contributed by atoms with Gasteiger partial charge in [-0.1, -0.05) is 6.58 Å². The van der Waals surface area contributed by atoms with E-state index in [1.165, 1.54) is 0 Å². The molecule has 1 aliphatic rings. The summed E-state index contributed by atoms with van der Waals surface area (Å²) in [5, 5.41) is 7.62. The molecule has 0 spiro atoms. The van der Waals surface area contributed by atoms with Crippen LogP contribution in [0.1, 0.15) is 12.1 Å². The number of hydrogen-bond acceptors (Lipinski definition) is 7. The van der Waals surface area contributed by atoms with E-state index in [9.17, 15) is 9.18 Å².